The lowest BCUT2D eigenvalue weighted by Crippen LogP contribution is -1.94. The Morgan fingerprint density at radius 3 is 2.94 bits per heavy atom. The molecule has 0 saturated carbocycles. The zero-order valence-corrected chi connectivity index (χ0v) is 10.00. The van der Waals surface area contributed by atoms with Gasteiger partial charge in [-0.25, -0.2) is 4.98 Å². The second-order valence-electron chi connectivity index (χ2n) is 4.14. The average Bonchev–Trinajstić information content (AvgIpc) is 2.83. The van der Waals surface area contributed by atoms with Gasteiger partial charge in [-0.1, -0.05) is 6.07 Å². The zero-order valence-electron chi connectivity index (χ0n) is 10.00. The van der Waals surface area contributed by atoms with Crippen molar-refractivity contribution in [2.75, 3.05) is 5.73 Å². The summed E-state index contributed by atoms with van der Waals surface area (Å²) in [6.45, 7) is 1.96. The fourth-order valence-corrected chi connectivity index (χ4v) is 1.84. The quantitative estimate of drug-likeness (QED) is 0.699. The Morgan fingerprint density at radius 1 is 1.22 bits per heavy atom. The molecular formula is C14H13N3O. The van der Waals surface area contributed by atoms with E-state index in [9.17, 15) is 0 Å². The molecule has 0 aliphatic heterocycles. The molecule has 18 heavy (non-hydrogen) atoms. The van der Waals surface area contributed by atoms with Crippen LogP contribution in [0.4, 0.5) is 5.69 Å². The summed E-state index contributed by atoms with van der Waals surface area (Å²) < 4.78 is 7.75. The van der Waals surface area contributed by atoms with Crippen molar-refractivity contribution < 1.29 is 4.74 Å². The largest absolute Gasteiger partial charge is 0.440 e. The van der Waals surface area contributed by atoms with Crippen molar-refractivity contribution in [3.05, 3.63) is 54.4 Å². The predicted molar refractivity (Wildman–Crippen MR) is 70.9 cm³/mol. The molecule has 90 valence electrons. The van der Waals surface area contributed by atoms with Crippen LogP contribution in [0, 0.1) is 6.92 Å². The third-order valence-electron chi connectivity index (χ3n) is 2.85. The summed E-state index contributed by atoms with van der Waals surface area (Å²) in [6.07, 6.45) is 3.62. The first-order chi connectivity index (χ1) is 8.74. The van der Waals surface area contributed by atoms with Gasteiger partial charge in [0.2, 0.25) is 5.88 Å². The standard InChI is InChI=1S/C14H13N3O/c1-10-9-11(5-6-12(10)15)18-14-4-2-3-13-16-7-8-17(13)14/h2-9H,15H2,1H3. The summed E-state index contributed by atoms with van der Waals surface area (Å²) in [7, 11) is 0. The number of ether oxygens (including phenoxy) is 1. The van der Waals surface area contributed by atoms with Gasteiger partial charge in [0.05, 0.1) is 0 Å². The van der Waals surface area contributed by atoms with Gasteiger partial charge < -0.3 is 10.5 Å². The van der Waals surface area contributed by atoms with Crippen molar-refractivity contribution in [3.63, 3.8) is 0 Å². The summed E-state index contributed by atoms with van der Waals surface area (Å²) in [4.78, 5) is 4.22. The molecule has 2 heterocycles. The molecule has 1 aromatic carbocycles. The Morgan fingerprint density at radius 2 is 2.11 bits per heavy atom. The van der Waals surface area contributed by atoms with E-state index in [1.165, 1.54) is 0 Å². The molecule has 0 aliphatic carbocycles. The van der Waals surface area contributed by atoms with Gasteiger partial charge in [-0.05, 0) is 42.8 Å². The first kappa shape index (κ1) is 10.7. The van der Waals surface area contributed by atoms with Crippen LogP contribution < -0.4 is 10.5 Å². The van der Waals surface area contributed by atoms with E-state index in [1.54, 1.807) is 6.20 Å². The molecule has 3 aromatic rings. The number of hydrogen-bond donors (Lipinski definition) is 1. The van der Waals surface area contributed by atoms with Crippen LogP contribution in [0.15, 0.2) is 48.8 Å². The van der Waals surface area contributed by atoms with Crippen LogP contribution in [-0.4, -0.2) is 9.38 Å². The van der Waals surface area contributed by atoms with Gasteiger partial charge in [0, 0.05) is 18.1 Å². The van der Waals surface area contributed by atoms with E-state index in [0.717, 1.165) is 28.5 Å². The molecule has 0 spiro atoms. The summed E-state index contributed by atoms with van der Waals surface area (Å²) in [5.74, 6) is 1.50. The van der Waals surface area contributed by atoms with Gasteiger partial charge in [-0.2, -0.15) is 0 Å². The molecule has 4 heteroatoms. The van der Waals surface area contributed by atoms with Crippen LogP contribution in [0.3, 0.4) is 0 Å². The fraction of sp³-hybridized carbons (Fsp3) is 0.0714. The molecule has 0 radical (unpaired) electrons. The third-order valence-corrected chi connectivity index (χ3v) is 2.85. The van der Waals surface area contributed by atoms with Crippen molar-refractivity contribution >= 4 is 11.3 Å². The van der Waals surface area contributed by atoms with E-state index < -0.39 is 0 Å². The van der Waals surface area contributed by atoms with Crippen molar-refractivity contribution in [1.82, 2.24) is 9.38 Å². The molecule has 0 amide bonds. The topological polar surface area (TPSA) is 52.5 Å². The summed E-state index contributed by atoms with van der Waals surface area (Å²) in [6, 6.07) is 11.4. The SMILES string of the molecule is Cc1cc(Oc2cccc3nccn23)ccc1N. The Balaban J connectivity index is 2.01. The maximum Gasteiger partial charge on any atom is 0.205 e. The number of rotatable bonds is 2. The number of benzene rings is 1. The first-order valence-electron chi connectivity index (χ1n) is 5.70. The molecule has 0 fully saturated rings. The predicted octanol–water partition coefficient (Wildman–Crippen LogP) is 3.02. The molecule has 3 rings (SSSR count). The van der Waals surface area contributed by atoms with Crippen molar-refractivity contribution in [3.8, 4) is 11.6 Å². The highest BCUT2D eigenvalue weighted by molar-refractivity contribution is 5.50. The Hall–Kier alpha value is -2.49. The number of aromatic nitrogens is 2. The number of nitrogen functional groups attached to an aromatic ring is 1. The number of pyridine rings is 1. The number of anilines is 1. The summed E-state index contributed by atoms with van der Waals surface area (Å²) in [5.41, 5.74) is 8.42. The highest BCUT2D eigenvalue weighted by Gasteiger charge is 2.04. The Bertz CT molecular complexity index is 703. The maximum absolute atomic E-state index is 5.85. The van der Waals surface area contributed by atoms with Crippen LogP contribution in [0.5, 0.6) is 11.6 Å². The fourth-order valence-electron chi connectivity index (χ4n) is 1.84. The number of fused-ring (bicyclic) bond motifs is 1. The molecule has 0 aliphatic rings. The van der Waals surface area contributed by atoms with Crippen LogP contribution in [0.25, 0.3) is 5.65 Å². The van der Waals surface area contributed by atoms with E-state index in [2.05, 4.69) is 4.98 Å². The molecule has 0 saturated heterocycles. The number of nitrogens with zero attached hydrogens (tertiary/aromatic N) is 2. The average molecular weight is 239 g/mol. The highest BCUT2D eigenvalue weighted by Crippen LogP contribution is 2.25. The van der Waals surface area contributed by atoms with E-state index in [1.807, 2.05) is 53.9 Å². The minimum Gasteiger partial charge on any atom is -0.440 e. The molecule has 0 atom stereocenters. The number of aryl methyl sites for hydroxylation is 1. The number of nitrogens with two attached hydrogens (primary N) is 1. The molecule has 0 bridgehead atoms. The smallest absolute Gasteiger partial charge is 0.205 e. The summed E-state index contributed by atoms with van der Waals surface area (Å²) in [5, 5.41) is 0. The second-order valence-corrected chi connectivity index (χ2v) is 4.14. The minimum atomic E-state index is 0.731. The zero-order chi connectivity index (χ0) is 12.5. The first-order valence-corrected chi connectivity index (χ1v) is 5.70. The molecular weight excluding hydrogens is 226 g/mol. The molecule has 2 aromatic heterocycles. The van der Waals surface area contributed by atoms with Gasteiger partial charge in [0.15, 0.2) is 0 Å². The molecule has 4 nitrogen and oxygen atoms in total. The second kappa shape index (κ2) is 4.07. The lowest BCUT2D eigenvalue weighted by molar-refractivity contribution is 0.456. The monoisotopic (exact) mass is 239 g/mol. The van der Waals surface area contributed by atoms with Gasteiger partial charge in [-0.3, -0.25) is 4.40 Å². The number of imidazole rings is 1. The van der Waals surface area contributed by atoms with Gasteiger partial charge >= 0.3 is 0 Å². The van der Waals surface area contributed by atoms with Gasteiger partial charge in [0.1, 0.15) is 11.4 Å². The molecule has 2 N–H and O–H groups in total. The van der Waals surface area contributed by atoms with Crippen LogP contribution in [-0.2, 0) is 0 Å². The van der Waals surface area contributed by atoms with Gasteiger partial charge in [0.25, 0.3) is 0 Å². The lowest BCUT2D eigenvalue weighted by Gasteiger charge is -2.09. The third kappa shape index (κ3) is 1.78. The molecule has 0 unspecified atom stereocenters. The van der Waals surface area contributed by atoms with Gasteiger partial charge in [-0.15, -0.1) is 0 Å². The van der Waals surface area contributed by atoms with Crippen LogP contribution in [0.1, 0.15) is 5.56 Å². The van der Waals surface area contributed by atoms with E-state index >= 15 is 0 Å². The van der Waals surface area contributed by atoms with Crippen LogP contribution in [0.2, 0.25) is 0 Å². The van der Waals surface area contributed by atoms with E-state index in [4.69, 9.17) is 10.5 Å². The van der Waals surface area contributed by atoms with Crippen molar-refractivity contribution in [2.45, 2.75) is 6.92 Å². The van der Waals surface area contributed by atoms with E-state index in [-0.39, 0.29) is 0 Å². The lowest BCUT2D eigenvalue weighted by atomic mass is 10.2. The van der Waals surface area contributed by atoms with Crippen molar-refractivity contribution in [1.29, 1.82) is 0 Å². The Kier molecular flexibility index (Phi) is 2.41. The van der Waals surface area contributed by atoms with E-state index in [0.29, 0.717) is 0 Å². The Labute approximate surface area is 105 Å². The summed E-state index contributed by atoms with van der Waals surface area (Å²) >= 11 is 0. The number of hydrogen-bond acceptors (Lipinski definition) is 3. The maximum atomic E-state index is 5.85. The minimum absolute atomic E-state index is 0.731. The van der Waals surface area contributed by atoms with Crippen LogP contribution >= 0.6 is 0 Å². The van der Waals surface area contributed by atoms with Crippen molar-refractivity contribution in [2.24, 2.45) is 0 Å². The highest BCUT2D eigenvalue weighted by atomic mass is 16.5. The normalized spacial score (nSPS) is 10.7.